The van der Waals surface area contributed by atoms with Crippen molar-refractivity contribution in [2.75, 3.05) is 32.8 Å². The Morgan fingerprint density at radius 2 is 1.41 bits per heavy atom. The third-order valence-electron chi connectivity index (χ3n) is 13.1. The molecule has 0 bridgehead atoms. The Kier molecular flexibility index (Phi) is 17.1. The first kappa shape index (κ1) is 53.2. The number of anilines is 1. The highest BCUT2D eigenvalue weighted by Crippen LogP contribution is 2.53. The zero-order valence-electron chi connectivity index (χ0n) is 43.0. The van der Waals surface area contributed by atoms with E-state index in [1.165, 1.54) is 0 Å². The standard InChI is InChI=1S/C54H68N7O8PSi/c1-36(2)61(37(3)4)70(66-33-19-32-55)68-47-45(34-65-54(40-22-17-14-18-23-40,41-24-28-43(63-9)29-25-41)42-26-30-44(64-10)31-27-42)67-52(48(47)69-71(11,12)53(6,7)8)60-35-56-46-49(57-38(5)58-50(46)60)59-51(62)39-20-15-13-16-21-39/h13-18,20-31,35-37,45,47-48,52H,19,33-34H2,1-12H3,(H,57,58,59,62)/t45-,47+,48+,52+,70?/m0/s1. The molecule has 1 aliphatic rings. The van der Waals surface area contributed by atoms with Crippen LogP contribution in [0.3, 0.4) is 0 Å². The molecule has 0 aliphatic carbocycles. The number of benzene rings is 4. The molecule has 17 heteroatoms. The SMILES string of the molecule is COc1ccc(C(OC[C@@H]2O[C@@H](n3cnc4c(NC(=O)c5ccccc5)nc(C)nc43)[C@H](O[Si](C)(C)C(C)(C)C)[C@@H]2OP(OCCC#N)N(C(C)C)C(C)C)(c2ccccc2)c2ccc(OC)cc2)cc1. The van der Waals surface area contributed by atoms with Crippen LogP contribution in [0, 0.1) is 18.3 Å². The van der Waals surface area contributed by atoms with Gasteiger partial charge in [0.05, 0.1) is 46.3 Å². The molecule has 0 saturated carbocycles. The van der Waals surface area contributed by atoms with Crippen molar-refractivity contribution in [1.29, 1.82) is 5.26 Å². The van der Waals surface area contributed by atoms with Gasteiger partial charge in [0.25, 0.3) is 14.4 Å². The molecule has 0 radical (unpaired) electrons. The molecule has 4 aromatic carbocycles. The molecule has 2 aromatic heterocycles. The second-order valence-corrected chi connectivity index (χ2v) is 25.8. The number of nitriles is 1. The first-order valence-electron chi connectivity index (χ1n) is 24.1. The van der Waals surface area contributed by atoms with Crippen LogP contribution in [0.2, 0.25) is 18.1 Å². The van der Waals surface area contributed by atoms with Crippen molar-refractivity contribution in [3.63, 3.8) is 0 Å². The van der Waals surface area contributed by atoms with Crippen molar-refractivity contribution in [1.82, 2.24) is 24.2 Å². The molecule has 1 unspecified atom stereocenters. The fourth-order valence-electron chi connectivity index (χ4n) is 8.58. The highest BCUT2D eigenvalue weighted by Gasteiger charge is 2.54. The second-order valence-electron chi connectivity index (χ2n) is 19.6. The van der Waals surface area contributed by atoms with Crippen molar-refractivity contribution in [3.05, 3.63) is 144 Å². The number of nitrogens with zero attached hydrogens (tertiary/aromatic N) is 6. The quantitative estimate of drug-likeness (QED) is 0.0314. The summed E-state index contributed by atoms with van der Waals surface area (Å²) in [6, 6.07) is 37.1. The van der Waals surface area contributed by atoms with Crippen LogP contribution in [0.1, 0.15) is 94.0 Å². The zero-order valence-corrected chi connectivity index (χ0v) is 44.8. The summed E-state index contributed by atoms with van der Waals surface area (Å²) in [6.07, 6.45) is -1.45. The average molecular weight is 1000 g/mol. The minimum absolute atomic E-state index is 0.00473. The number of methoxy groups -OCH3 is 2. The monoisotopic (exact) mass is 1000 g/mol. The van der Waals surface area contributed by atoms with Gasteiger partial charge in [0, 0.05) is 17.6 Å². The van der Waals surface area contributed by atoms with E-state index in [1.54, 1.807) is 39.6 Å². The number of nitrogens with one attached hydrogen (secondary N) is 1. The Morgan fingerprint density at radius 1 is 0.845 bits per heavy atom. The molecular formula is C54H68N7O8PSi. The highest BCUT2D eigenvalue weighted by molar-refractivity contribution is 7.44. The Hall–Kier alpha value is -5.60. The van der Waals surface area contributed by atoms with E-state index in [4.69, 9.17) is 42.4 Å². The van der Waals surface area contributed by atoms with E-state index in [0.29, 0.717) is 34.1 Å². The minimum atomic E-state index is -2.67. The summed E-state index contributed by atoms with van der Waals surface area (Å²) in [6.45, 7) is 21.4. The van der Waals surface area contributed by atoms with E-state index in [2.05, 4.69) is 94.7 Å². The number of hydrogen-bond acceptors (Lipinski definition) is 13. The van der Waals surface area contributed by atoms with Crippen LogP contribution >= 0.6 is 8.53 Å². The van der Waals surface area contributed by atoms with E-state index < -0.39 is 47.0 Å². The van der Waals surface area contributed by atoms with E-state index in [-0.39, 0.29) is 48.5 Å². The smallest absolute Gasteiger partial charge is 0.259 e. The van der Waals surface area contributed by atoms with Crippen molar-refractivity contribution < 1.29 is 37.2 Å². The van der Waals surface area contributed by atoms with Crippen molar-refractivity contribution >= 4 is 39.7 Å². The maximum atomic E-state index is 13.6. The average Bonchev–Trinajstić information content (AvgIpc) is 3.92. The van der Waals surface area contributed by atoms with Crippen molar-refractivity contribution in [2.24, 2.45) is 0 Å². The number of aryl methyl sites for hydroxylation is 1. The lowest BCUT2D eigenvalue weighted by molar-refractivity contribution is -0.0926. The number of hydrogen-bond donors (Lipinski definition) is 1. The fraction of sp³-hybridized carbons (Fsp3) is 0.426. The summed E-state index contributed by atoms with van der Waals surface area (Å²) in [5.41, 5.74) is 2.66. The van der Waals surface area contributed by atoms with E-state index >= 15 is 0 Å². The Balaban J connectivity index is 1.42. The lowest BCUT2D eigenvalue weighted by Crippen LogP contribution is -2.50. The number of carbonyl (C=O) groups is 1. The lowest BCUT2D eigenvalue weighted by Gasteiger charge is -2.42. The molecule has 1 fully saturated rings. The molecule has 376 valence electrons. The molecule has 1 saturated heterocycles. The predicted molar refractivity (Wildman–Crippen MR) is 279 cm³/mol. The van der Waals surface area contributed by atoms with Crippen LogP contribution in [-0.4, -0.2) is 96.2 Å². The van der Waals surface area contributed by atoms with Crippen molar-refractivity contribution in [3.8, 4) is 17.6 Å². The molecular weight excluding hydrogens is 934 g/mol. The first-order chi connectivity index (χ1) is 33.9. The van der Waals surface area contributed by atoms with E-state index in [1.807, 2.05) is 89.5 Å². The Bertz CT molecular complexity index is 2680. The number of rotatable bonds is 21. The van der Waals surface area contributed by atoms with E-state index in [0.717, 1.165) is 16.7 Å². The molecule has 71 heavy (non-hydrogen) atoms. The number of amides is 1. The van der Waals surface area contributed by atoms with Gasteiger partial charge in [-0.2, -0.15) is 5.26 Å². The van der Waals surface area contributed by atoms with Gasteiger partial charge in [-0.25, -0.2) is 19.6 Å². The number of imidazole rings is 1. The number of ether oxygens (including phenoxy) is 4. The summed E-state index contributed by atoms with van der Waals surface area (Å²) in [5, 5.41) is 12.4. The minimum Gasteiger partial charge on any atom is -0.497 e. The molecule has 1 N–H and O–H groups in total. The van der Waals surface area contributed by atoms with Gasteiger partial charge in [0.2, 0.25) is 0 Å². The molecule has 1 amide bonds. The normalized spacial score (nSPS) is 18.0. The maximum absolute atomic E-state index is 13.6. The zero-order chi connectivity index (χ0) is 51.1. The maximum Gasteiger partial charge on any atom is 0.259 e. The Labute approximate surface area is 420 Å². The molecule has 1 aliphatic heterocycles. The third kappa shape index (κ3) is 11.7. The van der Waals surface area contributed by atoms with E-state index in [9.17, 15) is 10.1 Å². The first-order valence-corrected chi connectivity index (χ1v) is 28.1. The van der Waals surface area contributed by atoms with Gasteiger partial charge in [-0.15, -0.1) is 0 Å². The van der Waals surface area contributed by atoms with Gasteiger partial charge in [-0.05, 0) is 106 Å². The van der Waals surface area contributed by atoms with Crippen LogP contribution in [0.5, 0.6) is 11.5 Å². The summed E-state index contributed by atoms with van der Waals surface area (Å²) in [7, 11) is -1.21. The van der Waals surface area contributed by atoms with Crippen LogP contribution in [-0.2, 0) is 28.5 Å². The van der Waals surface area contributed by atoms with Gasteiger partial charge in [-0.1, -0.05) is 93.6 Å². The summed E-state index contributed by atoms with van der Waals surface area (Å²) >= 11 is 0. The Morgan fingerprint density at radius 3 is 1.94 bits per heavy atom. The molecule has 0 spiro atoms. The number of fused-ring (bicyclic) bond motifs is 1. The summed E-state index contributed by atoms with van der Waals surface area (Å²) in [5.74, 6) is 1.75. The van der Waals surface area contributed by atoms with Gasteiger partial charge >= 0.3 is 0 Å². The molecule has 7 rings (SSSR count). The molecule has 3 heterocycles. The van der Waals surface area contributed by atoms with Gasteiger partial charge in [-0.3, -0.25) is 9.36 Å². The van der Waals surface area contributed by atoms with Crippen LogP contribution in [0.15, 0.2) is 116 Å². The topological polar surface area (TPSA) is 164 Å². The van der Waals surface area contributed by atoms with Gasteiger partial charge in [0.15, 0.2) is 31.5 Å². The summed E-state index contributed by atoms with van der Waals surface area (Å²) in [4.78, 5) is 28.0. The molecule has 5 atom stereocenters. The van der Waals surface area contributed by atoms with Crippen LogP contribution in [0.4, 0.5) is 5.82 Å². The molecule has 6 aromatic rings. The summed E-state index contributed by atoms with van der Waals surface area (Å²) < 4.78 is 52.0. The highest BCUT2D eigenvalue weighted by atomic mass is 31.2. The third-order valence-corrected chi connectivity index (χ3v) is 19.7. The number of carbonyl (C=O) groups excluding carboxylic acids is 1. The van der Waals surface area contributed by atoms with Crippen LogP contribution < -0.4 is 14.8 Å². The van der Waals surface area contributed by atoms with Crippen molar-refractivity contribution in [2.45, 2.75) is 122 Å². The largest absolute Gasteiger partial charge is 0.497 e. The predicted octanol–water partition coefficient (Wildman–Crippen LogP) is 11.4. The number of aromatic nitrogens is 4. The van der Waals surface area contributed by atoms with Gasteiger partial charge < -0.3 is 37.7 Å². The second kappa shape index (κ2) is 22.9. The lowest BCUT2D eigenvalue weighted by atomic mass is 9.80. The van der Waals surface area contributed by atoms with Crippen LogP contribution in [0.25, 0.3) is 11.2 Å². The fourth-order valence-corrected chi connectivity index (χ4v) is 11.6. The molecule has 15 nitrogen and oxygen atoms in total. The van der Waals surface area contributed by atoms with Gasteiger partial charge in [0.1, 0.15) is 41.2 Å².